The van der Waals surface area contributed by atoms with Crippen LogP contribution in [0.3, 0.4) is 0 Å². The van der Waals surface area contributed by atoms with E-state index in [1.165, 1.54) is 0 Å². The number of halogens is 3. The summed E-state index contributed by atoms with van der Waals surface area (Å²) in [6.45, 7) is 10.2. The number of fused-ring (bicyclic) bond motifs is 1. The smallest absolute Gasteiger partial charge is 0.353 e. The molecule has 3 heterocycles. The second-order valence-electron chi connectivity index (χ2n) is 7.47. The molecule has 2 aromatic heterocycles. The summed E-state index contributed by atoms with van der Waals surface area (Å²) in [5, 5.41) is 14.1. The Morgan fingerprint density at radius 3 is 2.38 bits per heavy atom. The summed E-state index contributed by atoms with van der Waals surface area (Å²) in [6, 6.07) is 0.136. The van der Waals surface area contributed by atoms with Crippen LogP contribution in [0, 0.1) is 13.8 Å². The average Bonchev–Trinajstić information content (AvgIpc) is 3.09. The third-order valence-electron chi connectivity index (χ3n) is 5.38. The SMILES string of the molecule is CCC(C)NC(=O)CN1CCN(c2nn3c(C(F)(F)F)nnc3c(C)c2C)CC1. The molecular weight excluding hydrogens is 387 g/mol. The molecule has 29 heavy (non-hydrogen) atoms. The largest absolute Gasteiger partial charge is 0.453 e. The summed E-state index contributed by atoms with van der Waals surface area (Å²) in [5.41, 5.74) is 1.51. The van der Waals surface area contributed by atoms with Gasteiger partial charge in [0.1, 0.15) is 0 Å². The highest BCUT2D eigenvalue weighted by atomic mass is 19.4. The van der Waals surface area contributed by atoms with Crippen LogP contribution < -0.4 is 10.2 Å². The minimum Gasteiger partial charge on any atom is -0.353 e. The zero-order chi connectivity index (χ0) is 21.3. The van der Waals surface area contributed by atoms with Crippen molar-refractivity contribution in [2.24, 2.45) is 0 Å². The molecule has 0 radical (unpaired) electrons. The first kappa shape index (κ1) is 21.3. The lowest BCUT2D eigenvalue weighted by Crippen LogP contribution is -2.50. The van der Waals surface area contributed by atoms with Crippen LogP contribution in [0.2, 0.25) is 0 Å². The van der Waals surface area contributed by atoms with Crippen molar-refractivity contribution < 1.29 is 18.0 Å². The van der Waals surface area contributed by atoms with Gasteiger partial charge in [-0.3, -0.25) is 9.69 Å². The number of anilines is 1. The number of hydrogen-bond acceptors (Lipinski definition) is 6. The topological polar surface area (TPSA) is 78.7 Å². The lowest BCUT2D eigenvalue weighted by molar-refractivity contribution is -0.146. The molecule has 1 saturated heterocycles. The van der Waals surface area contributed by atoms with Gasteiger partial charge in [0.25, 0.3) is 5.82 Å². The van der Waals surface area contributed by atoms with Gasteiger partial charge in [0.15, 0.2) is 11.5 Å². The van der Waals surface area contributed by atoms with Gasteiger partial charge >= 0.3 is 6.18 Å². The van der Waals surface area contributed by atoms with E-state index in [1.54, 1.807) is 6.92 Å². The zero-order valence-electron chi connectivity index (χ0n) is 17.0. The van der Waals surface area contributed by atoms with Crippen LogP contribution >= 0.6 is 0 Å². The Balaban J connectivity index is 1.75. The molecule has 0 aromatic carbocycles. The fraction of sp³-hybridized carbons (Fsp3) is 0.667. The molecule has 1 atom stereocenters. The van der Waals surface area contributed by atoms with Gasteiger partial charge in [-0.25, -0.2) is 0 Å². The van der Waals surface area contributed by atoms with Gasteiger partial charge < -0.3 is 10.2 Å². The summed E-state index contributed by atoms with van der Waals surface area (Å²) in [6.07, 6.45) is -3.76. The summed E-state index contributed by atoms with van der Waals surface area (Å²) >= 11 is 0. The molecule has 160 valence electrons. The summed E-state index contributed by atoms with van der Waals surface area (Å²) in [4.78, 5) is 16.1. The normalized spacial score (nSPS) is 17.0. The van der Waals surface area contributed by atoms with Crippen molar-refractivity contribution in [3.05, 3.63) is 17.0 Å². The molecule has 0 saturated carbocycles. The number of rotatable bonds is 5. The summed E-state index contributed by atoms with van der Waals surface area (Å²) in [7, 11) is 0. The van der Waals surface area contributed by atoms with Crippen molar-refractivity contribution in [3.8, 4) is 0 Å². The van der Waals surface area contributed by atoms with Crippen molar-refractivity contribution in [1.29, 1.82) is 0 Å². The fourth-order valence-electron chi connectivity index (χ4n) is 3.33. The van der Waals surface area contributed by atoms with Gasteiger partial charge in [0.05, 0.1) is 6.54 Å². The predicted octanol–water partition coefficient (Wildman–Crippen LogP) is 1.80. The quantitative estimate of drug-likeness (QED) is 0.805. The number of aromatic nitrogens is 4. The van der Waals surface area contributed by atoms with Gasteiger partial charge in [-0.2, -0.15) is 17.7 Å². The number of piperazine rings is 1. The average molecular weight is 413 g/mol. The van der Waals surface area contributed by atoms with E-state index in [2.05, 4.69) is 20.6 Å². The van der Waals surface area contributed by atoms with E-state index in [9.17, 15) is 18.0 Å². The van der Waals surface area contributed by atoms with Crippen LogP contribution in [0.1, 0.15) is 37.2 Å². The van der Waals surface area contributed by atoms with Crippen LogP contribution in [0.5, 0.6) is 0 Å². The van der Waals surface area contributed by atoms with E-state index in [0.29, 0.717) is 44.1 Å². The van der Waals surface area contributed by atoms with Gasteiger partial charge in [0.2, 0.25) is 5.91 Å². The molecule has 0 bridgehead atoms. The Labute approximate surface area is 167 Å². The van der Waals surface area contributed by atoms with E-state index in [1.807, 2.05) is 30.6 Å². The number of alkyl halides is 3. The number of hydrogen-bond donors (Lipinski definition) is 1. The number of nitrogens with zero attached hydrogens (tertiary/aromatic N) is 6. The van der Waals surface area contributed by atoms with Crippen LogP contribution in [0.25, 0.3) is 5.65 Å². The zero-order valence-corrected chi connectivity index (χ0v) is 17.0. The Morgan fingerprint density at radius 2 is 1.79 bits per heavy atom. The number of aryl methyl sites for hydroxylation is 1. The predicted molar refractivity (Wildman–Crippen MR) is 102 cm³/mol. The van der Waals surface area contributed by atoms with Crippen molar-refractivity contribution in [3.63, 3.8) is 0 Å². The van der Waals surface area contributed by atoms with E-state index >= 15 is 0 Å². The number of carbonyl (C=O) groups excluding carboxylic acids is 1. The summed E-state index contributed by atoms with van der Waals surface area (Å²) in [5.74, 6) is -0.653. The molecule has 0 aliphatic carbocycles. The lowest BCUT2D eigenvalue weighted by Gasteiger charge is -2.35. The molecule has 2 aromatic rings. The maximum atomic E-state index is 13.2. The minimum absolute atomic E-state index is 0.0151. The van der Waals surface area contributed by atoms with Gasteiger partial charge in [-0.1, -0.05) is 6.92 Å². The van der Waals surface area contributed by atoms with E-state index in [0.717, 1.165) is 16.5 Å². The molecule has 1 fully saturated rings. The van der Waals surface area contributed by atoms with Crippen LogP contribution in [-0.4, -0.2) is 69.4 Å². The maximum absolute atomic E-state index is 13.2. The molecule has 0 spiro atoms. The van der Waals surface area contributed by atoms with E-state index < -0.39 is 12.0 Å². The molecule has 1 unspecified atom stereocenters. The maximum Gasteiger partial charge on any atom is 0.453 e. The number of nitrogens with one attached hydrogen (secondary N) is 1. The Morgan fingerprint density at radius 1 is 1.14 bits per heavy atom. The Hall–Kier alpha value is -2.43. The van der Waals surface area contributed by atoms with Crippen LogP contribution in [-0.2, 0) is 11.0 Å². The number of carbonyl (C=O) groups is 1. The Bertz CT molecular complexity index is 888. The molecule has 3 rings (SSSR count). The van der Waals surface area contributed by atoms with Crippen molar-refractivity contribution in [2.45, 2.75) is 46.3 Å². The van der Waals surface area contributed by atoms with Crippen molar-refractivity contribution in [2.75, 3.05) is 37.6 Å². The first-order valence-electron chi connectivity index (χ1n) is 9.68. The molecule has 11 heteroatoms. The van der Waals surface area contributed by atoms with Crippen molar-refractivity contribution >= 4 is 17.4 Å². The molecule has 1 aliphatic heterocycles. The highest BCUT2D eigenvalue weighted by molar-refractivity contribution is 5.78. The summed E-state index contributed by atoms with van der Waals surface area (Å²) < 4.78 is 40.5. The highest BCUT2D eigenvalue weighted by Crippen LogP contribution is 2.30. The second-order valence-corrected chi connectivity index (χ2v) is 7.47. The first-order chi connectivity index (χ1) is 13.6. The third-order valence-corrected chi connectivity index (χ3v) is 5.38. The first-order valence-corrected chi connectivity index (χ1v) is 9.68. The van der Waals surface area contributed by atoms with Crippen LogP contribution in [0.15, 0.2) is 0 Å². The molecule has 8 nitrogen and oxygen atoms in total. The molecular formula is C18H26F3N7O. The monoisotopic (exact) mass is 413 g/mol. The number of amides is 1. The molecule has 1 N–H and O–H groups in total. The van der Waals surface area contributed by atoms with Gasteiger partial charge in [-0.15, -0.1) is 15.3 Å². The van der Waals surface area contributed by atoms with Crippen LogP contribution in [0.4, 0.5) is 19.0 Å². The third kappa shape index (κ3) is 4.44. The van der Waals surface area contributed by atoms with Gasteiger partial charge in [-0.05, 0) is 27.2 Å². The van der Waals surface area contributed by atoms with E-state index in [-0.39, 0.29) is 17.6 Å². The van der Waals surface area contributed by atoms with Gasteiger partial charge in [0, 0.05) is 43.3 Å². The Kier molecular flexibility index (Phi) is 5.97. The molecule has 1 amide bonds. The lowest BCUT2D eigenvalue weighted by atomic mass is 10.1. The molecule has 1 aliphatic rings. The van der Waals surface area contributed by atoms with Crippen molar-refractivity contribution in [1.82, 2.24) is 30.0 Å². The highest BCUT2D eigenvalue weighted by Gasteiger charge is 2.38. The van der Waals surface area contributed by atoms with E-state index in [4.69, 9.17) is 0 Å². The second kappa shape index (κ2) is 8.13. The fourth-order valence-corrected chi connectivity index (χ4v) is 3.33. The minimum atomic E-state index is -4.63. The standard InChI is InChI=1S/C18H26F3N7O/c1-5-11(2)22-14(29)10-26-6-8-27(9-7-26)16-13(4)12(3)15-23-24-17(18(19,20)21)28(15)25-16/h11H,5-10H2,1-4H3,(H,22,29).